The third kappa shape index (κ3) is 4.05. The minimum Gasteiger partial charge on any atom is -0.444 e. The molecule has 2 atom stereocenters. The maximum atomic E-state index is 12.4. The Morgan fingerprint density at radius 2 is 2.14 bits per heavy atom. The highest BCUT2D eigenvalue weighted by molar-refractivity contribution is 9.10. The molecule has 2 saturated heterocycles. The highest BCUT2D eigenvalue weighted by Gasteiger charge is 2.50. The van der Waals surface area contributed by atoms with Crippen LogP contribution >= 0.6 is 15.9 Å². The molecule has 10 heteroatoms. The van der Waals surface area contributed by atoms with Crippen LogP contribution in [0.4, 0.5) is 10.6 Å². The fraction of sp³-hybridized carbons (Fsp3) is 0.684. The predicted octanol–water partition coefficient (Wildman–Crippen LogP) is 3.01. The summed E-state index contributed by atoms with van der Waals surface area (Å²) in [6, 6.07) is -0.0737. The summed E-state index contributed by atoms with van der Waals surface area (Å²) in [6.45, 7) is 9.88. The van der Waals surface area contributed by atoms with Crippen molar-refractivity contribution in [3.05, 3.63) is 10.8 Å². The number of carbonyl (C=O) groups excluding carboxylic acids is 1. The van der Waals surface area contributed by atoms with E-state index in [-0.39, 0.29) is 23.7 Å². The van der Waals surface area contributed by atoms with Crippen molar-refractivity contribution in [1.29, 1.82) is 0 Å². The highest BCUT2D eigenvalue weighted by Crippen LogP contribution is 2.43. The Labute approximate surface area is 178 Å². The number of nitrogens with one attached hydrogen (secondary N) is 2. The highest BCUT2D eigenvalue weighted by atomic mass is 79.9. The van der Waals surface area contributed by atoms with Crippen molar-refractivity contribution in [2.45, 2.75) is 58.3 Å². The first-order valence-electron chi connectivity index (χ1n) is 9.90. The number of nitrogens with zero attached hydrogens (tertiary/aromatic N) is 4. The van der Waals surface area contributed by atoms with Gasteiger partial charge in [-0.25, -0.2) is 14.8 Å². The van der Waals surface area contributed by atoms with Crippen molar-refractivity contribution in [1.82, 2.24) is 25.5 Å². The molecule has 0 bridgehead atoms. The van der Waals surface area contributed by atoms with E-state index < -0.39 is 5.60 Å². The first-order valence-corrected chi connectivity index (χ1v) is 10.7. The van der Waals surface area contributed by atoms with Crippen LogP contribution in [-0.4, -0.2) is 63.7 Å². The molecule has 2 aromatic heterocycles. The van der Waals surface area contributed by atoms with Gasteiger partial charge in [-0.05, 0) is 56.5 Å². The molecule has 2 aromatic rings. The third-order valence-corrected chi connectivity index (χ3v) is 6.28. The van der Waals surface area contributed by atoms with E-state index in [1.807, 2.05) is 27.7 Å². The Hall–Kier alpha value is -1.94. The van der Waals surface area contributed by atoms with Gasteiger partial charge in [0.15, 0.2) is 0 Å². The molecule has 1 amide bonds. The molecular weight excluding hydrogens is 440 g/mol. The van der Waals surface area contributed by atoms with Gasteiger partial charge in [0, 0.05) is 18.5 Å². The quantitative estimate of drug-likeness (QED) is 0.700. The summed E-state index contributed by atoms with van der Waals surface area (Å²) in [5.41, 5.74) is 0.695. The average Bonchev–Trinajstić information content (AvgIpc) is 3.16. The largest absolute Gasteiger partial charge is 0.444 e. The van der Waals surface area contributed by atoms with E-state index in [0.29, 0.717) is 12.3 Å². The van der Waals surface area contributed by atoms with E-state index in [0.717, 1.165) is 41.9 Å². The van der Waals surface area contributed by atoms with Crippen molar-refractivity contribution in [2.24, 2.45) is 5.41 Å². The SMILES string of the molecule is C[C@@H]1OCC2(CCN(c3cnc4c(Br)[nH]nc4n3)CC2)[C@@H]1NC(=O)OC(C)(C)C. The monoisotopic (exact) mass is 466 g/mol. The lowest BCUT2D eigenvalue weighted by Crippen LogP contribution is -2.55. The summed E-state index contributed by atoms with van der Waals surface area (Å²) in [5.74, 6) is 0.815. The molecule has 158 valence electrons. The summed E-state index contributed by atoms with van der Waals surface area (Å²) in [5, 5.41) is 10.1. The van der Waals surface area contributed by atoms with Gasteiger partial charge in [-0.1, -0.05) is 0 Å². The van der Waals surface area contributed by atoms with Gasteiger partial charge in [0.05, 0.1) is 24.9 Å². The number of rotatable bonds is 2. The number of carbonyl (C=O) groups is 1. The lowest BCUT2D eigenvalue weighted by Gasteiger charge is -2.42. The number of aromatic amines is 1. The van der Waals surface area contributed by atoms with Crippen LogP contribution < -0.4 is 10.2 Å². The van der Waals surface area contributed by atoms with Crippen LogP contribution in [0.2, 0.25) is 0 Å². The maximum absolute atomic E-state index is 12.4. The normalized spacial score (nSPS) is 24.2. The third-order valence-electron chi connectivity index (χ3n) is 5.73. The minimum atomic E-state index is -0.526. The number of piperidine rings is 1. The number of H-pyrrole nitrogens is 1. The van der Waals surface area contributed by atoms with Gasteiger partial charge in [-0.2, -0.15) is 5.10 Å². The summed E-state index contributed by atoms with van der Waals surface area (Å²) >= 11 is 3.38. The second-order valence-electron chi connectivity index (χ2n) is 8.93. The minimum absolute atomic E-state index is 0.0494. The van der Waals surface area contributed by atoms with Crippen molar-refractivity contribution >= 4 is 39.0 Å². The van der Waals surface area contributed by atoms with Crippen molar-refractivity contribution < 1.29 is 14.3 Å². The number of hydrogen-bond donors (Lipinski definition) is 2. The van der Waals surface area contributed by atoms with E-state index in [4.69, 9.17) is 9.47 Å². The zero-order valence-electron chi connectivity index (χ0n) is 17.2. The van der Waals surface area contributed by atoms with Crippen LogP contribution in [0.15, 0.2) is 10.8 Å². The van der Waals surface area contributed by atoms with Gasteiger partial charge in [0.25, 0.3) is 0 Å². The maximum Gasteiger partial charge on any atom is 0.407 e. The van der Waals surface area contributed by atoms with Crippen molar-refractivity contribution in [2.75, 3.05) is 24.6 Å². The molecule has 2 fully saturated rings. The second kappa shape index (κ2) is 7.39. The number of alkyl carbamates (subject to hydrolysis) is 1. The van der Waals surface area contributed by atoms with E-state index in [9.17, 15) is 4.79 Å². The molecule has 29 heavy (non-hydrogen) atoms. The lowest BCUT2D eigenvalue weighted by molar-refractivity contribution is 0.0434. The molecule has 1 spiro atoms. The van der Waals surface area contributed by atoms with Gasteiger partial charge in [-0.3, -0.25) is 5.10 Å². The molecular formula is C19H27BrN6O3. The van der Waals surface area contributed by atoms with Gasteiger partial charge in [-0.15, -0.1) is 0 Å². The topological polar surface area (TPSA) is 105 Å². The van der Waals surface area contributed by atoms with Gasteiger partial charge in [0.2, 0.25) is 5.65 Å². The molecule has 0 unspecified atom stereocenters. The van der Waals surface area contributed by atoms with Crippen LogP contribution in [-0.2, 0) is 9.47 Å². The number of amides is 1. The van der Waals surface area contributed by atoms with Gasteiger partial charge in [0.1, 0.15) is 21.5 Å². The summed E-state index contributed by atoms with van der Waals surface area (Å²) in [6.07, 6.45) is 3.13. The number of fused-ring (bicyclic) bond motifs is 1. The number of ether oxygens (including phenoxy) is 2. The standard InChI is InChI=1S/C19H27BrN6O3/c1-11-14(23-17(27)29-18(2,3)4)19(10-28-11)5-7-26(8-6-19)12-9-21-13-15(20)24-25-16(13)22-12/h9,11,14H,5-8,10H2,1-4H3,(H,23,27)(H,22,24,25)/t11-,14+/m0/s1. The molecule has 0 aliphatic carbocycles. The van der Waals surface area contributed by atoms with E-state index in [1.54, 1.807) is 6.20 Å². The molecule has 4 heterocycles. The first-order chi connectivity index (χ1) is 13.7. The Kier molecular flexibility index (Phi) is 5.18. The second-order valence-corrected chi connectivity index (χ2v) is 9.72. The van der Waals surface area contributed by atoms with Gasteiger partial charge >= 0.3 is 6.09 Å². The zero-order valence-corrected chi connectivity index (χ0v) is 18.7. The van der Waals surface area contributed by atoms with Gasteiger partial charge < -0.3 is 19.7 Å². The van der Waals surface area contributed by atoms with Crippen molar-refractivity contribution in [3.8, 4) is 0 Å². The zero-order chi connectivity index (χ0) is 20.8. The van der Waals surface area contributed by atoms with Crippen LogP contribution in [0, 0.1) is 5.41 Å². The van der Waals surface area contributed by atoms with Crippen molar-refractivity contribution in [3.63, 3.8) is 0 Å². The molecule has 0 saturated carbocycles. The van der Waals surface area contributed by atoms with E-state index >= 15 is 0 Å². The fourth-order valence-corrected chi connectivity index (χ4v) is 4.60. The number of anilines is 1. The summed E-state index contributed by atoms with van der Waals surface area (Å²) in [4.78, 5) is 23.7. The van der Waals surface area contributed by atoms with Crippen LogP contribution in [0.3, 0.4) is 0 Å². The molecule has 2 aliphatic heterocycles. The number of aromatic nitrogens is 4. The Morgan fingerprint density at radius 1 is 1.41 bits per heavy atom. The summed E-state index contributed by atoms with van der Waals surface area (Å²) < 4.78 is 12.2. The Morgan fingerprint density at radius 3 is 2.83 bits per heavy atom. The van der Waals surface area contributed by atoms with E-state index in [2.05, 4.69) is 46.3 Å². The molecule has 2 aliphatic rings. The fourth-order valence-electron chi connectivity index (χ4n) is 4.23. The molecule has 0 radical (unpaired) electrons. The van der Waals surface area contributed by atoms with Crippen LogP contribution in [0.25, 0.3) is 11.2 Å². The average molecular weight is 467 g/mol. The lowest BCUT2D eigenvalue weighted by atomic mass is 9.73. The Balaban J connectivity index is 1.45. The molecule has 0 aromatic carbocycles. The summed E-state index contributed by atoms with van der Waals surface area (Å²) in [7, 11) is 0. The predicted molar refractivity (Wildman–Crippen MR) is 112 cm³/mol. The first kappa shape index (κ1) is 20.3. The molecule has 9 nitrogen and oxygen atoms in total. The van der Waals surface area contributed by atoms with Crippen LogP contribution in [0.5, 0.6) is 0 Å². The molecule has 4 rings (SSSR count). The number of halogens is 1. The van der Waals surface area contributed by atoms with E-state index in [1.165, 1.54) is 0 Å². The molecule has 2 N–H and O–H groups in total. The smallest absolute Gasteiger partial charge is 0.407 e. The number of hydrogen-bond acceptors (Lipinski definition) is 7. The van der Waals surface area contributed by atoms with Crippen LogP contribution in [0.1, 0.15) is 40.5 Å². The Bertz CT molecular complexity index is 903.